The lowest BCUT2D eigenvalue weighted by Crippen LogP contribution is -2.49. The Morgan fingerprint density at radius 1 is 1.07 bits per heavy atom. The van der Waals surface area contributed by atoms with Crippen LogP contribution in [-0.4, -0.2) is 68.2 Å². The Kier molecular flexibility index (Phi) is 4.95. The first kappa shape index (κ1) is 18.4. The summed E-state index contributed by atoms with van der Waals surface area (Å²) in [6.07, 6.45) is 1.69. The summed E-state index contributed by atoms with van der Waals surface area (Å²) in [5.41, 5.74) is 4.23. The summed E-state index contributed by atoms with van der Waals surface area (Å²) in [7, 11) is 0. The molecule has 2 aromatic heterocycles. The number of carbonyl (C=O) groups is 1. The van der Waals surface area contributed by atoms with Crippen LogP contribution in [-0.2, 0) is 6.54 Å². The van der Waals surface area contributed by atoms with E-state index in [2.05, 4.69) is 19.9 Å². The standard InChI is InChI=1S/C20H24N6O2/c1-14-11-15(2)23-20(22-14)25-7-5-24(6-8-25)19(28)16-3-4-18-17(12-16)21-13-26(18)9-10-27/h3-4,11-13,27H,5-10H2,1-2H3. The fourth-order valence-electron chi connectivity index (χ4n) is 3.62. The fourth-order valence-corrected chi connectivity index (χ4v) is 3.62. The number of piperazine rings is 1. The first-order chi connectivity index (χ1) is 13.5. The second-order valence-electron chi connectivity index (χ2n) is 7.10. The summed E-state index contributed by atoms with van der Waals surface area (Å²) in [5, 5.41) is 9.12. The minimum absolute atomic E-state index is 0.0135. The van der Waals surface area contributed by atoms with Crippen molar-refractivity contribution in [3.8, 4) is 0 Å². The van der Waals surface area contributed by atoms with Crippen LogP contribution in [0.5, 0.6) is 0 Å². The number of rotatable bonds is 4. The molecule has 4 rings (SSSR count). The molecule has 3 aromatic rings. The van der Waals surface area contributed by atoms with Gasteiger partial charge < -0.3 is 19.5 Å². The van der Waals surface area contributed by atoms with Crippen molar-refractivity contribution in [3.05, 3.63) is 47.5 Å². The molecule has 1 N–H and O–H groups in total. The van der Waals surface area contributed by atoms with E-state index in [-0.39, 0.29) is 12.5 Å². The second kappa shape index (κ2) is 7.55. The molecule has 146 valence electrons. The molecule has 0 aliphatic carbocycles. The largest absolute Gasteiger partial charge is 0.395 e. The number of nitrogens with zero attached hydrogens (tertiary/aromatic N) is 6. The number of amides is 1. The van der Waals surface area contributed by atoms with Crippen LogP contribution in [0, 0.1) is 13.8 Å². The average Bonchev–Trinajstić information content (AvgIpc) is 3.09. The Morgan fingerprint density at radius 3 is 2.46 bits per heavy atom. The van der Waals surface area contributed by atoms with Crippen LogP contribution in [0.1, 0.15) is 21.7 Å². The van der Waals surface area contributed by atoms with Gasteiger partial charge in [-0.15, -0.1) is 0 Å². The molecule has 1 amide bonds. The Balaban J connectivity index is 1.45. The van der Waals surface area contributed by atoms with Crippen LogP contribution in [0.4, 0.5) is 5.95 Å². The molecule has 3 heterocycles. The maximum atomic E-state index is 12.9. The van der Waals surface area contributed by atoms with E-state index in [1.54, 1.807) is 6.33 Å². The van der Waals surface area contributed by atoms with E-state index in [9.17, 15) is 4.79 Å². The van der Waals surface area contributed by atoms with Gasteiger partial charge in [0.1, 0.15) is 0 Å². The molecule has 8 heteroatoms. The van der Waals surface area contributed by atoms with Gasteiger partial charge in [-0.1, -0.05) is 0 Å². The van der Waals surface area contributed by atoms with Crippen molar-refractivity contribution in [2.45, 2.75) is 20.4 Å². The van der Waals surface area contributed by atoms with E-state index in [0.29, 0.717) is 38.3 Å². The highest BCUT2D eigenvalue weighted by Crippen LogP contribution is 2.18. The average molecular weight is 380 g/mol. The van der Waals surface area contributed by atoms with Gasteiger partial charge in [0.15, 0.2) is 0 Å². The van der Waals surface area contributed by atoms with Gasteiger partial charge in [-0.05, 0) is 38.1 Å². The number of hydrogen-bond donors (Lipinski definition) is 1. The third-order valence-electron chi connectivity index (χ3n) is 5.03. The molecule has 1 saturated heterocycles. The number of aryl methyl sites for hydroxylation is 2. The van der Waals surface area contributed by atoms with Gasteiger partial charge in [-0.3, -0.25) is 4.79 Å². The smallest absolute Gasteiger partial charge is 0.254 e. The van der Waals surface area contributed by atoms with Crippen molar-refractivity contribution in [2.24, 2.45) is 0 Å². The monoisotopic (exact) mass is 380 g/mol. The molecule has 1 aliphatic heterocycles. The van der Waals surface area contributed by atoms with Gasteiger partial charge in [-0.2, -0.15) is 0 Å². The van der Waals surface area contributed by atoms with Crippen LogP contribution in [0.2, 0.25) is 0 Å². The summed E-state index contributed by atoms with van der Waals surface area (Å²) in [6, 6.07) is 7.51. The minimum atomic E-state index is 0.0135. The zero-order valence-electron chi connectivity index (χ0n) is 16.2. The van der Waals surface area contributed by atoms with Crippen LogP contribution in [0.3, 0.4) is 0 Å². The Bertz CT molecular complexity index is 987. The quantitative estimate of drug-likeness (QED) is 0.736. The molecule has 8 nitrogen and oxygen atoms in total. The molecule has 0 saturated carbocycles. The zero-order valence-corrected chi connectivity index (χ0v) is 16.2. The summed E-state index contributed by atoms with van der Waals surface area (Å²) < 4.78 is 1.88. The highest BCUT2D eigenvalue weighted by Gasteiger charge is 2.24. The molecular formula is C20H24N6O2. The number of carbonyl (C=O) groups excluding carboxylic acids is 1. The minimum Gasteiger partial charge on any atom is -0.395 e. The number of anilines is 1. The van der Waals surface area contributed by atoms with Crippen LogP contribution >= 0.6 is 0 Å². The topological polar surface area (TPSA) is 87.4 Å². The van der Waals surface area contributed by atoms with E-state index < -0.39 is 0 Å². The molecule has 0 radical (unpaired) electrons. The van der Waals surface area contributed by atoms with E-state index in [4.69, 9.17) is 5.11 Å². The van der Waals surface area contributed by atoms with E-state index in [0.717, 1.165) is 28.4 Å². The number of fused-ring (bicyclic) bond motifs is 1. The van der Waals surface area contributed by atoms with E-state index >= 15 is 0 Å². The Morgan fingerprint density at radius 2 is 1.79 bits per heavy atom. The molecule has 0 unspecified atom stereocenters. The highest BCUT2D eigenvalue weighted by atomic mass is 16.3. The lowest BCUT2D eigenvalue weighted by atomic mass is 10.1. The van der Waals surface area contributed by atoms with Gasteiger partial charge >= 0.3 is 0 Å². The number of benzene rings is 1. The SMILES string of the molecule is Cc1cc(C)nc(N2CCN(C(=O)c3ccc4c(c3)ncn4CCO)CC2)n1. The van der Waals surface area contributed by atoms with E-state index in [1.807, 2.05) is 47.6 Å². The van der Waals surface area contributed by atoms with Crippen molar-refractivity contribution in [2.75, 3.05) is 37.7 Å². The van der Waals surface area contributed by atoms with Crippen LogP contribution < -0.4 is 4.90 Å². The van der Waals surface area contributed by atoms with Crippen molar-refractivity contribution in [1.82, 2.24) is 24.4 Å². The molecular weight excluding hydrogens is 356 g/mol. The summed E-state index contributed by atoms with van der Waals surface area (Å²) in [4.78, 5) is 30.3. The predicted octanol–water partition coefficient (Wildman–Crippen LogP) is 1.40. The molecule has 0 atom stereocenters. The fraction of sp³-hybridized carbons (Fsp3) is 0.400. The van der Waals surface area contributed by atoms with Gasteiger partial charge in [0.2, 0.25) is 5.95 Å². The highest BCUT2D eigenvalue weighted by molar-refractivity contribution is 5.97. The Hall–Kier alpha value is -3.00. The number of imidazole rings is 1. The molecule has 0 spiro atoms. The van der Waals surface area contributed by atoms with Crippen molar-refractivity contribution in [3.63, 3.8) is 0 Å². The molecule has 1 aromatic carbocycles. The van der Waals surface area contributed by atoms with E-state index in [1.165, 1.54) is 0 Å². The van der Waals surface area contributed by atoms with Crippen molar-refractivity contribution >= 4 is 22.9 Å². The zero-order chi connectivity index (χ0) is 19.7. The number of aliphatic hydroxyl groups excluding tert-OH is 1. The predicted molar refractivity (Wildman–Crippen MR) is 106 cm³/mol. The van der Waals surface area contributed by atoms with Crippen LogP contribution in [0.25, 0.3) is 11.0 Å². The normalized spacial score (nSPS) is 14.7. The third kappa shape index (κ3) is 3.55. The van der Waals surface area contributed by atoms with Gasteiger partial charge in [0, 0.05) is 49.7 Å². The first-order valence-corrected chi connectivity index (χ1v) is 9.47. The molecule has 1 aliphatic rings. The summed E-state index contributed by atoms with van der Waals surface area (Å²) in [5.74, 6) is 0.750. The Labute approximate surface area is 163 Å². The van der Waals surface area contributed by atoms with Crippen molar-refractivity contribution < 1.29 is 9.90 Å². The van der Waals surface area contributed by atoms with Gasteiger partial charge in [0.05, 0.1) is 24.0 Å². The summed E-state index contributed by atoms with van der Waals surface area (Å²) >= 11 is 0. The van der Waals surface area contributed by atoms with Crippen molar-refractivity contribution in [1.29, 1.82) is 0 Å². The molecule has 1 fully saturated rings. The van der Waals surface area contributed by atoms with Gasteiger partial charge in [0.25, 0.3) is 5.91 Å². The second-order valence-corrected chi connectivity index (χ2v) is 7.10. The lowest BCUT2D eigenvalue weighted by Gasteiger charge is -2.35. The third-order valence-corrected chi connectivity index (χ3v) is 5.03. The van der Waals surface area contributed by atoms with Crippen LogP contribution in [0.15, 0.2) is 30.6 Å². The first-order valence-electron chi connectivity index (χ1n) is 9.47. The van der Waals surface area contributed by atoms with Gasteiger partial charge in [-0.25, -0.2) is 15.0 Å². The number of hydrogen-bond acceptors (Lipinski definition) is 6. The number of aliphatic hydroxyl groups is 1. The summed E-state index contributed by atoms with van der Waals surface area (Å²) in [6.45, 7) is 7.17. The maximum Gasteiger partial charge on any atom is 0.254 e. The maximum absolute atomic E-state index is 12.9. The molecule has 28 heavy (non-hydrogen) atoms. The number of aromatic nitrogens is 4. The lowest BCUT2D eigenvalue weighted by molar-refractivity contribution is 0.0746. The molecule has 0 bridgehead atoms.